The number of fused-ring (bicyclic) bond motifs is 4. The fourth-order valence-corrected chi connectivity index (χ4v) is 5.64. The fourth-order valence-electron chi connectivity index (χ4n) is 4.21. The van der Waals surface area contributed by atoms with E-state index in [1.807, 2.05) is 24.0 Å². The van der Waals surface area contributed by atoms with Crippen LogP contribution in [-0.2, 0) is 17.8 Å². The summed E-state index contributed by atoms with van der Waals surface area (Å²) >= 11 is 1.46. The molecule has 5 rings (SSSR count). The monoisotopic (exact) mass is 423 g/mol. The van der Waals surface area contributed by atoms with Gasteiger partial charge in [0.25, 0.3) is 11.8 Å². The largest absolute Gasteiger partial charge is 0.345 e. The number of nitrogens with zero attached hydrogens (tertiary/aromatic N) is 4. The number of imidazole rings is 1. The number of hydrogen-bond donors (Lipinski definition) is 1. The van der Waals surface area contributed by atoms with Crippen molar-refractivity contribution in [2.24, 2.45) is 0 Å². The molecule has 30 heavy (non-hydrogen) atoms. The molecule has 8 nitrogen and oxygen atoms in total. The number of hydrogen-bond acceptors (Lipinski definition) is 5. The molecule has 0 saturated heterocycles. The summed E-state index contributed by atoms with van der Waals surface area (Å²) in [6.07, 6.45) is 2.21. The average Bonchev–Trinajstić information content (AvgIpc) is 3.34. The van der Waals surface area contributed by atoms with Gasteiger partial charge >= 0.3 is 0 Å². The van der Waals surface area contributed by atoms with Crippen LogP contribution in [0, 0.1) is 0 Å². The molecule has 0 saturated carbocycles. The molecule has 2 aromatic heterocycles. The summed E-state index contributed by atoms with van der Waals surface area (Å²) in [7, 11) is 1.66. The standard InChI is InChI=1S/C21H21N5O3S/c1-3-26-17(27)10-24(2)20(29)18-13-6-7-25(9-16(13)30-21(18)26)19(28)12-4-5-14-15(8-12)23-11-22-14/h4-5,8,11H,3,6-7,9-10H2,1-2H3,(H,22,23). The van der Waals surface area contributed by atoms with E-state index in [0.29, 0.717) is 37.2 Å². The Hall–Kier alpha value is -3.20. The SMILES string of the molecule is CCN1C(=O)CN(C)C(=O)c2c1sc1c2CCN(C(=O)c2ccc3nc[nH]c3c2)C1. The summed E-state index contributed by atoms with van der Waals surface area (Å²) in [5.41, 5.74) is 3.87. The van der Waals surface area contributed by atoms with Crippen molar-refractivity contribution in [2.45, 2.75) is 19.9 Å². The molecule has 0 radical (unpaired) electrons. The third kappa shape index (κ3) is 2.80. The van der Waals surface area contributed by atoms with Crippen LogP contribution in [0.5, 0.6) is 0 Å². The minimum Gasteiger partial charge on any atom is -0.345 e. The molecular formula is C21H21N5O3S. The number of thiophene rings is 1. The van der Waals surface area contributed by atoms with Crippen LogP contribution in [0.25, 0.3) is 11.0 Å². The molecule has 2 aliphatic rings. The van der Waals surface area contributed by atoms with Crippen LogP contribution in [0.3, 0.4) is 0 Å². The first kappa shape index (κ1) is 18.8. The van der Waals surface area contributed by atoms with Crippen LogP contribution in [0.15, 0.2) is 24.5 Å². The van der Waals surface area contributed by atoms with Gasteiger partial charge in [0.15, 0.2) is 0 Å². The van der Waals surface area contributed by atoms with Crippen LogP contribution < -0.4 is 4.90 Å². The Morgan fingerprint density at radius 2 is 2.10 bits per heavy atom. The minimum atomic E-state index is -0.115. The number of nitrogens with one attached hydrogen (secondary N) is 1. The second kappa shape index (κ2) is 6.94. The number of H-pyrrole nitrogens is 1. The summed E-state index contributed by atoms with van der Waals surface area (Å²) in [6, 6.07) is 5.45. The van der Waals surface area contributed by atoms with Crippen molar-refractivity contribution in [3.63, 3.8) is 0 Å². The van der Waals surface area contributed by atoms with Gasteiger partial charge in [-0.2, -0.15) is 0 Å². The van der Waals surface area contributed by atoms with Crippen molar-refractivity contribution in [1.29, 1.82) is 0 Å². The zero-order valence-electron chi connectivity index (χ0n) is 16.8. The van der Waals surface area contributed by atoms with Gasteiger partial charge in [0.05, 0.1) is 29.5 Å². The Balaban J connectivity index is 1.49. The van der Waals surface area contributed by atoms with Crippen molar-refractivity contribution >= 4 is 45.1 Å². The quantitative estimate of drug-likeness (QED) is 0.685. The van der Waals surface area contributed by atoms with E-state index in [0.717, 1.165) is 26.5 Å². The number of amides is 3. The number of aromatic amines is 1. The Kier molecular flexibility index (Phi) is 4.35. The third-order valence-electron chi connectivity index (χ3n) is 5.79. The van der Waals surface area contributed by atoms with E-state index in [9.17, 15) is 14.4 Å². The van der Waals surface area contributed by atoms with Gasteiger partial charge < -0.3 is 19.7 Å². The Morgan fingerprint density at radius 1 is 1.27 bits per heavy atom. The van der Waals surface area contributed by atoms with Gasteiger partial charge in [0.2, 0.25) is 5.91 Å². The lowest BCUT2D eigenvalue weighted by Crippen LogP contribution is -2.38. The zero-order chi connectivity index (χ0) is 21.0. The van der Waals surface area contributed by atoms with Crippen LogP contribution in [0.4, 0.5) is 5.00 Å². The minimum absolute atomic E-state index is 0.0485. The first-order valence-electron chi connectivity index (χ1n) is 9.90. The van der Waals surface area contributed by atoms with Gasteiger partial charge in [0, 0.05) is 30.6 Å². The number of carbonyl (C=O) groups is 3. The van der Waals surface area contributed by atoms with Gasteiger partial charge in [0.1, 0.15) is 11.5 Å². The van der Waals surface area contributed by atoms with E-state index >= 15 is 0 Å². The van der Waals surface area contributed by atoms with Gasteiger partial charge in [-0.1, -0.05) is 0 Å². The molecule has 1 N–H and O–H groups in total. The van der Waals surface area contributed by atoms with Crippen LogP contribution in [-0.4, -0.2) is 64.2 Å². The Bertz CT molecular complexity index is 1200. The van der Waals surface area contributed by atoms with Crippen molar-refractivity contribution in [2.75, 3.05) is 31.6 Å². The zero-order valence-corrected chi connectivity index (χ0v) is 17.6. The lowest BCUT2D eigenvalue weighted by atomic mass is 10.0. The number of aromatic nitrogens is 2. The molecule has 0 aliphatic carbocycles. The molecular weight excluding hydrogens is 402 g/mol. The van der Waals surface area contributed by atoms with Crippen molar-refractivity contribution in [3.05, 3.63) is 46.1 Å². The summed E-state index contributed by atoms with van der Waals surface area (Å²) in [4.78, 5) is 51.9. The molecule has 4 heterocycles. The van der Waals surface area contributed by atoms with E-state index in [1.54, 1.807) is 24.3 Å². The van der Waals surface area contributed by atoms with E-state index in [4.69, 9.17) is 0 Å². The first-order valence-corrected chi connectivity index (χ1v) is 10.7. The molecule has 0 atom stereocenters. The maximum absolute atomic E-state index is 13.1. The van der Waals surface area contributed by atoms with Gasteiger partial charge in [-0.3, -0.25) is 14.4 Å². The predicted molar refractivity (Wildman–Crippen MR) is 114 cm³/mol. The molecule has 154 valence electrons. The highest BCUT2D eigenvalue weighted by molar-refractivity contribution is 7.17. The highest BCUT2D eigenvalue weighted by atomic mass is 32.1. The second-order valence-electron chi connectivity index (χ2n) is 7.59. The van der Waals surface area contributed by atoms with Gasteiger partial charge in [-0.15, -0.1) is 11.3 Å². The Labute approximate surface area is 177 Å². The molecule has 0 fully saturated rings. The molecule has 3 amide bonds. The number of carbonyl (C=O) groups excluding carboxylic acids is 3. The summed E-state index contributed by atoms with van der Waals surface area (Å²) in [5, 5.41) is 0.718. The summed E-state index contributed by atoms with van der Waals surface area (Å²) < 4.78 is 0. The van der Waals surface area contributed by atoms with Crippen LogP contribution in [0.2, 0.25) is 0 Å². The number of benzene rings is 1. The molecule has 3 aromatic rings. The molecule has 9 heteroatoms. The molecule has 0 bridgehead atoms. The number of likely N-dealkylation sites (N-methyl/N-ethyl adjacent to an activating group) is 2. The van der Waals surface area contributed by atoms with E-state index in [1.165, 1.54) is 16.2 Å². The smallest absolute Gasteiger partial charge is 0.257 e. The van der Waals surface area contributed by atoms with E-state index in [-0.39, 0.29) is 24.3 Å². The fraction of sp³-hybridized carbons (Fsp3) is 0.333. The first-order chi connectivity index (χ1) is 14.5. The predicted octanol–water partition coefficient (Wildman–Crippen LogP) is 2.26. The topological polar surface area (TPSA) is 89.6 Å². The number of rotatable bonds is 2. The summed E-state index contributed by atoms with van der Waals surface area (Å²) in [6.45, 7) is 3.49. The normalized spacial score (nSPS) is 16.7. The molecule has 2 aliphatic heterocycles. The number of anilines is 1. The molecule has 1 aromatic carbocycles. The maximum Gasteiger partial charge on any atom is 0.257 e. The highest BCUT2D eigenvalue weighted by Crippen LogP contribution is 2.41. The maximum atomic E-state index is 13.1. The van der Waals surface area contributed by atoms with Gasteiger partial charge in [-0.05, 0) is 37.1 Å². The molecule has 0 unspecified atom stereocenters. The van der Waals surface area contributed by atoms with Crippen LogP contribution in [0.1, 0.15) is 38.1 Å². The second-order valence-corrected chi connectivity index (χ2v) is 8.68. The lowest BCUT2D eigenvalue weighted by molar-refractivity contribution is -0.118. The van der Waals surface area contributed by atoms with Crippen molar-refractivity contribution < 1.29 is 14.4 Å². The van der Waals surface area contributed by atoms with Crippen LogP contribution >= 0.6 is 11.3 Å². The lowest BCUT2D eigenvalue weighted by Gasteiger charge is -2.27. The molecule has 0 spiro atoms. The van der Waals surface area contributed by atoms with Crippen molar-refractivity contribution in [1.82, 2.24) is 19.8 Å². The summed E-state index contributed by atoms with van der Waals surface area (Å²) in [5.74, 6) is -0.240. The van der Waals surface area contributed by atoms with E-state index < -0.39 is 0 Å². The van der Waals surface area contributed by atoms with Crippen molar-refractivity contribution in [3.8, 4) is 0 Å². The average molecular weight is 423 g/mol. The van der Waals surface area contributed by atoms with E-state index in [2.05, 4.69) is 9.97 Å². The third-order valence-corrected chi connectivity index (χ3v) is 7.03. The highest BCUT2D eigenvalue weighted by Gasteiger charge is 2.37. The Morgan fingerprint density at radius 3 is 2.90 bits per heavy atom. The van der Waals surface area contributed by atoms with Gasteiger partial charge in [-0.25, -0.2) is 4.98 Å².